The highest BCUT2D eigenvalue weighted by molar-refractivity contribution is 7.99. The summed E-state index contributed by atoms with van der Waals surface area (Å²) in [7, 11) is 0. The van der Waals surface area contributed by atoms with E-state index in [9.17, 15) is 0 Å². The Morgan fingerprint density at radius 3 is 2.71 bits per heavy atom. The maximum Gasteiger partial charge on any atom is 0.188 e. The second-order valence-corrected chi connectivity index (χ2v) is 4.51. The highest BCUT2D eigenvalue weighted by Crippen LogP contribution is 2.18. The van der Waals surface area contributed by atoms with Gasteiger partial charge in [-0.15, -0.1) is 0 Å². The van der Waals surface area contributed by atoms with Gasteiger partial charge in [0.05, 0.1) is 6.61 Å². The molecule has 0 fully saturated rings. The molecule has 0 saturated carbocycles. The molecule has 1 heterocycles. The lowest BCUT2D eigenvalue weighted by Crippen LogP contribution is -1.99. The summed E-state index contributed by atoms with van der Waals surface area (Å²) in [5.41, 5.74) is 2.06. The number of aliphatic hydroxyl groups is 1. The molecule has 1 N–H and O–H groups in total. The van der Waals surface area contributed by atoms with Crippen LogP contribution in [0.15, 0.2) is 11.2 Å². The molecular formula is C10H16N2OS. The number of nitrogens with zero attached hydrogens (tertiary/aromatic N) is 2. The molecule has 0 aliphatic rings. The van der Waals surface area contributed by atoms with Crippen molar-refractivity contribution in [2.24, 2.45) is 0 Å². The summed E-state index contributed by atoms with van der Waals surface area (Å²) < 4.78 is 0. The lowest BCUT2D eigenvalue weighted by atomic mass is 10.1. The van der Waals surface area contributed by atoms with Gasteiger partial charge in [-0.3, -0.25) is 0 Å². The summed E-state index contributed by atoms with van der Waals surface area (Å²) in [6.45, 7) is 6.36. The van der Waals surface area contributed by atoms with Crippen molar-refractivity contribution in [1.29, 1.82) is 0 Å². The first kappa shape index (κ1) is 11.5. The smallest absolute Gasteiger partial charge is 0.188 e. The van der Waals surface area contributed by atoms with Crippen LogP contribution < -0.4 is 0 Å². The maximum atomic E-state index is 8.70. The van der Waals surface area contributed by atoms with Crippen molar-refractivity contribution in [3.05, 3.63) is 17.5 Å². The molecule has 3 nitrogen and oxygen atoms in total. The van der Waals surface area contributed by atoms with Gasteiger partial charge in [0.15, 0.2) is 5.16 Å². The standard InChI is InChI=1S/C10H16N2OS/c1-7(2)9-6-8(3)11-10(12-9)14-5-4-13/h6-7,13H,4-5H2,1-3H3. The Kier molecular flexibility index (Phi) is 4.35. The molecule has 0 atom stereocenters. The molecule has 78 valence electrons. The third-order valence-corrected chi connectivity index (χ3v) is 2.59. The molecule has 0 bridgehead atoms. The quantitative estimate of drug-likeness (QED) is 0.612. The van der Waals surface area contributed by atoms with E-state index in [1.807, 2.05) is 13.0 Å². The average molecular weight is 212 g/mol. The van der Waals surface area contributed by atoms with Crippen molar-refractivity contribution in [2.45, 2.75) is 31.8 Å². The first-order valence-electron chi connectivity index (χ1n) is 4.72. The molecule has 1 rings (SSSR count). The average Bonchev–Trinajstić information content (AvgIpc) is 2.14. The summed E-state index contributed by atoms with van der Waals surface area (Å²) in [6.07, 6.45) is 0. The van der Waals surface area contributed by atoms with E-state index in [1.165, 1.54) is 11.8 Å². The minimum atomic E-state index is 0.166. The SMILES string of the molecule is Cc1cc(C(C)C)nc(SCCO)n1. The molecule has 1 aromatic rings. The van der Waals surface area contributed by atoms with Gasteiger partial charge < -0.3 is 5.11 Å². The second-order valence-electron chi connectivity index (χ2n) is 3.44. The largest absolute Gasteiger partial charge is 0.396 e. The molecule has 0 spiro atoms. The lowest BCUT2D eigenvalue weighted by Gasteiger charge is -2.07. The monoisotopic (exact) mass is 212 g/mol. The predicted molar refractivity (Wildman–Crippen MR) is 58.7 cm³/mol. The minimum Gasteiger partial charge on any atom is -0.396 e. The van der Waals surface area contributed by atoms with E-state index in [0.717, 1.165) is 16.5 Å². The van der Waals surface area contributed by atoms with Crippen LogP contribution in [0.4, 0.5) is 0 Å². The molecule has 1 aromatic heterocycles. The zero-order chi connectivity index (χ0) is 10.6. The lowest BCUT2D eigenvalue weighted by molar-refractivity contribution is 0.322. The highest BCUT2D eigenvalue weighted by atomic mass is 32.2. The normalized spacial score (nSPS) is 10.9. The fourth-order valence-corrected chi connectivity index (χ4v) is 1.71. The maximum absolute atomic E-state index is 8.70. The van der Waals surface area contributed by atoms with Crippen LogP contribution >= 0.6 is 11.8 Å². The van der Waals surface area contributed by atoms with Crippen LogP contribution in [-0.2, 0) is 0 Å². The Balaban J connectivity index is 2.84. The molecule has 0 aliphatic carbocycles. The van der Waals surface area contributed by atoms with E-state index in [0.29, 0.717) is 11.7 Å². The van der Waals surface area contributed by atoms with Gasteiger partial charge >= 0.3 is 0 Å². The van der Waals surface area contributed by atoms with Crippen molar-refractivity contribution in [1.82, 2.24) is 9.97 Å². The molecule has 0 aliphatic heterocycles. The van der Waals surface area contributed by atoms with Crippen LogP contribution in [0, 0.1) is 6.92 Å². The van der Waals surface area contributed by atoms with Crippen molar-refractivity contribution in [3.8, 4) is 0 Å². The van der Waals surface area contributed by atoms with E-state index in [4.69, 9.17) is 5.11 Å². The fraction of sp³-hybridized carbons (Fsp3) is 0.600. The van der Waals surface area contributed by atoms with E-state index in [-0.39, 0.29) is 6.61 Å². The molecule has 0 aromatic carbocycles. The van der Waals surface area contributed by atoms with Gasteiger partial charge in [0, 0.05) is 17.1 Å². The molecular weight excluding hydrogens is 196 g/mol. The zero-order valence-corrected chi connectivity index (χ0v) is 9.64. The topological polar surface area (TPSA) is 46.0 Å². The van der Waals surface area contributed by atoms with Gasteiger partial charge in [-0.25, -0.2) is 9.97 Å². The molecule has 14 heavy (non-hydrogen) atoms. The number of rotatable bonds is 4. The van der Waals surface area contributed by atoms with Gasteiger partial charge in [0.2, 0.25) is 0 Å². The summed E-state index contributed by atoms with van der Waals surface area (Å²) in [6, 6.07) is 2.01. The van der Waals surface area contributed by atoms with Gasteiger partial charge in [-0.2, -0.15) is 0 Å². The van der Waals surface area contributed by atoms with Crippen LogP contribution in [0.2, 0.25) is 0 Å². The van der Waals surface area contributed by atoms with E-state index in [1.54, 1.807) is 0 Å². The number of hydrogen-bond donors (Lipinski definition) is 1. The second kappa shape index (κ2) is 5.32. The van der Waals surface area contributed by atoms with Gasteiger partial charge in [-0.1, -0.05) is 25.6 Å². The third kappa shape index (κ3) is 3.27. The summed E-state index contributed by atoms with van der Waals surface area (Å²) in [4.78, 5) is 8.71. The zero-order valence-electron chi connectivity index (χ0n) is 8.82. The van der Waals surface area contributed by atoms with Gasteiger partial charge in [-0.05, 0) is 18.9 Å². The van der Waals surface area contributed by atoms with Crippen molar-refractivity contribution < 1.29 is 5.11 Å². The van der Waals surface area contributed by atoms with E-state index >= 15 is 0 Å². The Labute approximate surface area is 89.0 Å². The number of aromatic nitrogens is 2. The van der Waals surface area contributed by atoms with E-state index in [2.05, 4.69) is 23.8 Å². The van der Waals surface area contributed by atoms with Crippen molar-refractivity contribution in [2.75, 3.05) is 12.4 Å². The van der Waals surface area contributed by atoms with Gasteiger partial charge in [0.25, 0.3) is 0 Å². The molecule has 0 saturated heterocycles. The molecule has 4 heteroatoms. The fourth-order valence-electron chi connectivity index (χ4n) is 1.06. The van der Waals surface area contributed by atoms with Crippen molar-refractivity contribution >= 4 is 11.8 Å². The van der Waals surface area contributed by atoms with Crippen LogP contribution in [0.5, 0.6) is 0 Å². The predicted octanol–water partition coefficient (Wildman–Crippen LogP) is 1.99. The summed E-state index contributed by atoms with van der Waals surface area (Å²) in [5.74, 6) is 1.08. The van der Waals surface area contributed by atoms with Crippen LogP contribution in [0.25, 0.3) is 0 Å². The van der Waals surface area contributed by atoms with Crippen LogP contribution in [0.3, 0.4) is 0 Å². The molecule has 0 amide bonds. The molecule has 0 unspecified atom stereocenters. The highest BCUT2D eigenvalue weighted by Gasteiger charge is 2.05. The minimum absolute atomic E-state index is 0.166. The molecule has 0 radical (unpaired) electrons. The Morgan fingerprint density at radius 2 is 2.14 bits per heavy atom. The third-order valence-electron chi connectivity index (χ3n) is 1.77. The van der Waals surface area contributed by atoms with Gasteiger partial charge in [0.1, 0.15) is 0 Å². The first-order valence-corrected chi connectivity index (χ1v) is 5.71. The summed E-state index contributed by atoms with van der Waals surface area (Å²) >= 11 is 1.49. The Morgan fingerprint density at radius 1 is 1.43 bits per heavy atom. The van der Waals surface area contributed by atoms with Crippen molar-refractivity contribution in [3.63, 3.8) is 0 Å². The van der Waals surface area contributed by atoms with Crippen LogP contribution in [-0.4, -0.2) is 27.4 Å². The van der Waals surface area contributed by atoms with E-state index < -0.39 is 0 Å². The Hall–Kier alpha value is -0.610. The number of aliphatic hydroxyl groups excluding tert-OH is 1. The first-order chi connectivity index (χ1) is 6.63. The van der Waals surface area contributed by atoms with Crippen LogP contribution in [0.1, 0.15) is 31.2 Å². The number of thioether (sulfide) groups is 1. The summed E-state index contributed by atoms with van der Waals surface area (Å²) in [5, 5.41) is 9.47. The Bertz CT molecular complexity index is 302. The number of hydrogen-bond acceptors (Lipinski definition) is 4. The number of aryl methyl sites for hydroxylation is 1.